The van der Waals surface area contributed by atoms with Gasteiger partial charge < -0.3 is 4.57 Å². The molecule has 0 unspecified atom stereocenters. The summed E-state index contributed by atoms with van der Waals surface area (Å²) in [6, 6.07) is 20.5. The average Bonchev–Trinajstić information content (AvgIpc) is 3.35. The van der Waals surface area contributed by atoms with Gasteiger partial charge in [-0.1, -0.05) is 29.4 Å². The van der Waals surface area contributed by atoms with E-state index in [4.69, 9.17) is 11.6 Å². The van der Waals surface area contributed by atoms with Gasteiger partial charge in [0.05, 0.1) is 16.4 Å². The van der Waals surface area contributed by atoms with Crippen LogP contribution in [0, 0.1) is 29.8 Å². The molecule has 1 fully saturated rings. The maximum atomic E-state index is 14.3. The Bertz CT molecular complexity index is 1660. The molecular formula is C29H21ClFN3O4S2. The van der Waals surface area contributed by atoms with Crippen LogP contribution in [-0.2, 0) is 11.3 Å². The van der Waals surface area contributed by atoms with Crippen molar-refractivity contribution in [3.05, 3.63) is 121 Å². The van der Waals surface area contributed by atoms with E-state index >= 15 is 0 Å². The molecule has 40 heavy (non-hydrogen) atoms. The molecule has 0 aliphatic carbocycles. The molecular weight excluding hydrogens is 573 g/mol. The minimum absolute atomic E-state index is 0.0493. The van der Waals surface area contributed by atoms with Crippen molar-refractivity contribution in [2.24, 2.45) is 0 Å². The lowest BCUT2D eigenvalue weighted by atomic mass is 10.2. The van der Waals surface area contributed by atoms with E-state index in [1.165, 1.54) is 42.1 Å². The second-order valence-corrected chi connectivity index (χ2v) is 11.5. The number of halogens is 2. The van der Waals surface area contributed by atoms with E-state index in [0.29, 0.717) is 0 Å². The number of amides is 2. The highest BCUT2D eigenvalue weighted by Crippen LogP contribution is 2.36. The maximum Gasteiger partial charge on any atom is 0.293 e. The van der Waals surface area contributed by atoms with Gasteiger partial charge in [-0.05, 0) is 91.8 Å². The predicted octanol–water partition coefficient (Wildman–Crippen LogP) is 8.18. The molecule has 5 rings (SSSR count). The van der Waals surface area contributed by atoms with E-state index in [1.54, 1.807) is 18.2 Å². The molecule has 3 aromatic carbocycles. The summed E-state index contributed by atoms with van der Waals surface area (Å²) >= 11 is 8.41. The Morgan fingerprint density at radius 3 is 2.30 bits per heavy atom. The highest BCUT2D eigenvalue weighted by Gasteiger charge is 2.36. The van der Waals surface area contributed by atoms with Crippen molar-refractivity contribution in [3.8, 4) is 5.69 Å². The molecule has 202 valence electrons. The van der Waals surface area contributed by atoms with E-state index in [9.17, 15) is 24.1 Å². The van der Waals surface area contributed by atoms with Crippen LogP contribution in [0.5, 0.6) is 0 Å². The Hall–Kier alpha value is -3.86. The lowest BCUT2D eigenvalue weighted by Crippen LogP contribution is -2.28. The number of benzene rings is 3. The number of non-ortho nitro benzene ring substituents is 1. The number of carbonyl (C=O) groups is 2. The minimum Gasteiger partial charge on any atom is -0.318 e. The molecule has 0 spiro atoms. The molecule has 0 bridgehead atoms. The zero-order valence-electron chi connectivity index (χ0n) is 21.3. The molecule has 0 atom stereocenters. The summed E-state index contributed by atoms with van der Waals surface area (Å²) in [5.41, 5.74) is 3.68. The first-order valence-corrected chi connectivity index (χ1v) is 14.0. The molecule has 0 saturated carbocycles. The molecule has 2 amide bonds. The van der Waals surface area contributed by atoms with Crippen LogP contribution in [0.2, 0.25) is 5.02 Å². The highest BCUT2D eigenvalue weighted by atomic mass is 35.5. The van der Waals surface area contributed by atoms with Gasteiger partial charge in [-0.15, -0.1) is 0 Å². The van der Waals surface area contributed by atoms with Crippen LogP contribution in [-0.4, -0.2) is 25.5 Å². The fourth-order valence-electron chi connectivity index (χ4n) is 4.39. The summed E-state index contributed by atoms with van der Waals surface area (Å²) < 4.78 is 16.3. The maximum absolute atomic E-state index is 14.3. The van der Waals surface area contributed by atoms with Crippen molar-refractivity contribution in [1.82, 2.24) is 9.47 Å². The molecule has 1 aromatic heterocycles. The van der Waals surface area contributed by atoms with E-state index in [2.05, 4.69) is 4.57 Å². The zero-order valence-corrected chi connectivity index (χ0v) is 23.6. The molecule has 2 heterocycles. The normalized spacial score (nSPS) is 14.4. The van der Waals surface area contributed by atoms with E-state index < -0.39 is 21.9 Å². The standard InChI is InChI=1S/C29H21ClFN3O4S2/c1-17-14-19(15-27-28(35)32(29(36)40-27)16-24-25(30)4-3-5-26(24)31)18(2)33(17)20-6-10-22(11-7-20)39-23-12-8-21(9-13-23)34(37)38/h3-15H,16H2,1-2H3/b27-15-. The molecule has 1 aliphatic heterocycles. The van der Waals surface area contributed by atoms with Crippen molar-refractivity contribution in [2.75, 3.05) is 0 Å². The van der Waals surface area contributed by atoms with E-state index in [-0.39, 0.29) is 27.7 Å². The molecule has 11 heteroatoms. The summed E-state index contributed by atoms with van der Waals surface area (Å²) in [5, 5.41) is 10.5. The van der Waals surface area contributed by atoms with Crippen molar-refractivity contribution in [2.45, 2.75) is 30.2 Å². The lowest BCUT2D eigenvalue weighted by Gasteiger charge is -2.14. The molecule has 0 N–H and O–H groups in total. The number of aryl methyl sites for hydroxylation is 1. The van der Waals surface area contributed by atoms with Crippen LogP contribution in [0.25, 0.3) is 11.8 Å². The Labute approximate surface area is 242 Å². The SMILES string of the molecule is Cc1cc(/C=C2\SC(=O)N(Cc3c(F)cccc3Cl)C2=O)c(C)n1-c1ccc(Sc2ccc([N+](=O)[O-])cc2)cc1. The lowest BCUT2D eigenvalue weighted by molar-refractivity contribution is -0.384. The Morgan fingerprint density at radius 2 is 1.68 bits per heavy atom. The number of rotatable bonds is 7. The second-order valence-electron chi connectivity index (χ2n) is 8.98. The first kappa shape index (κ1) is 27.7. The van der Waals surface area contributed by atoms with Crippen molar-refractivity contribution < 1.29 is 18.9 Å². The van der Waals surface area contributed by atoms with Gasteiger partial charge >= 0.3 is 0 Å². The Morgan fingerprint density at radius 1 is 1.02 bits per heavy atom. The quantitative estimate of drug-likeness (QED) is 0.122. The van der Waals surface area contributed by atoms with Crippen LogP contribution in [0.3, 0.4) is 0 Å². The first-order chi connectivity index (χ1) is 19.1. The third kappa shape index (κ3) is 5.56. The van der Waals surface area contributed by atoms with Gasteiger partial charge in [-0.25, -0.2) is 4.39 Å². The number of hydrogen-bond acceptors (Lipinski definition) is 6. The number of hydrogen-bond donors (Lipinski definition) is 0. The first-order valence-electron chi connectivity index (χ1n) is 12.0. The summed E-state index contributed by atoms with van der Waals surface area (Å²) in [6.45, 7) is 3.65. The van der Waals surface area contributed by atoms with Crippen LogP contribution in [0.15, 0.2) is 87.5 Å². The number of thioether (sulfide) groups is 1. The van der Waals surface area contributed by atoms with Crippen molar-refractivity contribution in [1.29, 1.82) is 0 Å². The number of imide groups is 1. The van der Waals surface area contributed by atoms with Crippen LogP contribution >= 0.6 is 35.1 Å². The fraction of sp³-hybridized carbons (Fsp3) is 0.103. The monoisotopic (exact) mass is 593 g/mol. The number of carbonyl (C=O) groups excluding carboxylic acids is 2. The van der Waals surface area contributed by atoms with Crippen molar-refractivity contribution >= 4 is 58.0 Å². The van der Waals surface area contributed by atoms with Gasteiger partial charge in [0, 0.05) is 49.6 Å². The molecule has 1 aliphatic rings. The Kier molecular flexibility index (Phi) is 7.84. The predicted molar refractivity (Wildman–Crippen MR) is 155 cm³/mol. The molecule has 1 saturated heterocycles. The van der Waals surface area contributed by atoms with Gasteiger partial charge in [0.1, 0.15) is 5.82 Å². The summed E-state index contributed by atoms with van der Waals surface area (Å²) in [4.78, 5) is 39.3. The molecule has 0 radical (unpaired) electrons. The largest absolute Gasteiger partial charge is 0.318 e. The number of nitrogens with zero attached hydrogens (tertiary/aromatic N) is 3. The summed E-state index contributed by atoms with van der Waals surface area (Å²) in [7, 11) is 0. The topological polar surface area (TPSA) is 85.5 Å². The van der Waals surface area contributed by atoms with E-state index in [0.717, 1.165) is 49.1 Å². The zero-order chi connectivity index (χ0) is 28.6. The van der Waals surface area contributed by atoms with Gasteiger partial charge in [0.25, 0.3) is 16.8 Å². The van der Waals surface area contributed by atoms with Gasteiger partial charge in [-0.3, -0.25) is 24.6 Å². The molecule has 4 aromatic rings. The second kappa shape index (κ2) is 11.3. The number of nitro benzene ring substituents is 1. The summed E-state index contributed by atoms with van der Waals surface area (Å²) in [5.74, 6) is -1.07. The van der Waals surface area contributed by atoms with Crippen molar-refractivity contribution in [3.63, 3.8) is 0 Å². The van der Waals surface area contributed by atoms with E-state index in [1.807, 2.05) is 44.2 Å². The molecule has 7 nitrogen and oxygen atoms in total. The highest BCUT2D eigenvalue weighted by molar-refractivity contribution is 8.18. The third-order valence-electron chi connectivity index (χ3n) is 6.39. The smallest absolute Gasteiger partial charge is 0.293 e. The average molecular weight is 594 g/mol. The van der Waals surface area contributed by atoms with Gasteiger partial charge in [0.15, 0.2) is 0 Å². The van der Waals surface area contributed by atoms with Crippen LogP contribution < -0.4 is 0 Å². The third-order valence-corrected chi connectivity index (χ3v) is 8.66. The minimum atomic E-state index is -0.573. The Balaban J connectivity index is 1.35. The van der Waals surface area contributed by atoms with Crippen LogP contribution in [0.4, 0.5) is 14.9 Å². The van der Waals surface area contributed by atoms with Gasteiger partial charge in [-0.2, -0.15) is 0 Å². The van der Waals surface area contributed by atoms with Gasteiger partial charge in [0.2, 0.25) is 0 Å². The fourth-order valence-corrected chi connectivity index (χ4v) is 6.25. The summed E-state index contributed by atoms with van der Waals surface area (Å²) in [6.07, 6.45) is 1.69. The van der Waals surface area contributed by atoms with Crippen LogP contribution in [0.1, 0.15) is 22.5 Å². The number of aromatic nitrogens is 1. The number of nitro groups is 1.